The van der Waals surface area contributed by atoms with E-state index in [0.29, 0.717) is 35.3 Å². The summed E-state index contributed by atoms with van der Waals surface area (Å²) in [5.74, 6) is -1.36. The van der Waals surface area contributed by atoms with Gasteiger partial charge in [-0.3, -0.25) is 9.59 Å². The van der Waals surface area contributed by atoms with Gasteiger partial charge in [0.1, 0.15) is 6.54 Å². The number of carboxylic acid groups (broad SMARTS) is 1. The number of aromatic nitrogens is 3. The van der Waals surface area contributed by atoms with Crippen LogP contribution >= 0.6 is 0 Å². The van der Waals surface area contributed by atoms with Crippen LogP contribution in [0.1, 0.15) is 47.9 Å². The SMILES string of the molecule is CCC(C)n1ncc2c(C(=O)N(CCc3ccccc3)CC(=O)O)cc(C)nc21. The highest BCUT2D eigenvalue weighted by Gasteiger charge is 2.23. The van der Waals surface area contributed by atoms with Crippen molar-refractivity contribution in [3.63, 3.8) is 0 Å². The van der Waals surface area contributed by atoms with Crippen molar-refractivity contribution in [2.75, 3.05) is 13.1 Å². The standard InChI is InChI=1S/C22H26N4O3/c1-4-16(3)26-21-19(13-23-26)18(12-15(2)24-21)22(29)25(14-20(27)28)11-10-17-8-6-5-7-9-17/h5-9,12-13,16H,4,10-11,14H2,1-3H3,(H,27,28). The smallest absolute Gasteiger partial charge is 0.323 e. The number of aliphatic carboxylic acids is 1. The van der Waals surface area contributed by atoms with Crippen molar-refractivity contribution in [3.05, 3.63) is 59.4 Å². The fourth-order valence-electron chi connectivity index (χ4n) is 3.31. The van der Waals surface area contributed by atoms with Gasteiger partial charge in [-0.05, 0) is 38.3 Å². The van der Waals surface area contributed by atoms with Crippen LogP contribution in [0.5, 0.6) is 0 Å². The molecule has 1 atom stereocenters. The van der Waals surface area contributed by atoms with Crippen LogP contribution in [0.25, 0.3) is 11.0 Å². The Kier molecular flexibility index (Phi) is 6.26. The molecule has 0 bridgehead atoms. The zero-order chi connectivity index (χ0) is 21.0. The van der Waals surface area contributed by atoms with Crippen molar-refractivity contribution >= 4 is 22.9 Å². The molecule has 3 rings (SSSR count). The lowest BCUT2D eigenvalue weighted by atomic mass is 10.1. The molecule has 0 saturated carbocycles. The van der Waals surface area contributed by atoms with Gasteiger partial charge < -0.3 is 10.0 Å². The van der Waals surface area contributed by atoms with Crippen LogP contribution < -0.4 is 0 Å². The lowest BCUT2D eigenvalue weighted by Crippen LogP contribution is -2.37. The van der Waals surface area contributed by atoms with Crippen LogP contribution in [0.15, 0.2) is 42.6 Å². The normalized spacial score (nSPS) is 12.1. The monoisotopic (exact) mass is 394 g/mol. The molecule has 7 nitrogen and oxygen atoms in total. The summed E-state index contributed by atoms with van der Waals surface area (Å²) < 4.78 is 1.82. The predicted molar refractivity (Wildman–Crippen MR) is 111 cm³/mol. The number of carbonyl (C=O) groups is 2. The maximum Gasteiger partial charge on any atom is 0.323 e. The van der Waals surface area contributed by atoms with E-state index in [2.05, 4.69) is 23.9 Å². The van der Waals surface area contributed by atoms with E-state index in [4.69, 9.17) is 0 Å². The number of carbonyl (C=O) groups excluding carboxylic acids is 1. The molecule has 0 aliphatic carbocycles. The van der Waals surface area contributed by atoms with Crippen molar-refractivity contribution in [3.8, 4) is 0 Å². The molecule has 152 valence electrons. The molecule has 29 heavy (non-hydrogen) atoms. The summed E-state index contributed by atoms with van der Waals surface area (Å²) in [7, 11) is 0. The predicted octanol–water partition coefficient (Wildman–Crippen LogP) is 3.48. The largest absolute Gasteiger partial charge is 0.480 e. The van der Waals surface area contributed by atoms with Gasteiger partial charge in [0.05, 0.1) is 23.2 Å². The van der Waals surface area contributed by atoms with Crippen LogP contribution in [0.3, 0.4) is 0 Å². The van der Waals surface area contributed by atoms with Crippen molar-refractivity contribution in [2.24, 2.45) is 0 Å². The number of nitrogens with zero attached hydrogens (tertiary/aromatic N) is 4. The Bertz CT molecular complexity index is 1010. The zero-order valence-corrected chi connectivity index (χ0v) is 17.0. The van der Waals surface area contributed by atoms with Crippen LogP contribution in [-0.4, -0.2) is 49.7 Å². The van der Waals surface area contributed by atoms with Gasteiger partial charge in [0.25, 0.3) is 5.91 Å². The number of fused-ring (bicyclic) bond motifs is 1. The van der Waals surface area contributed by atoms with Crippen molar-refractivity contribution in [1.82, 2.24) is 19.7 Å². The van der Waals surface area contributed by atoms with Crippen LogP contribution in [0.4, 0.5) is 0 Å². The van der Waals surface area contributed by atoms with E-state index in [-0.39, 0.29) is 18.5 Å². The maximum absolute atomic E-state index is 13.3. The lowest BCUT2D eigenvalue weighted by molar-refractivity contribution is -0.137. The Morgan fingerprint density at radius 1 is 1.24 bits per heavy atom. The molecule has 0 spiro atoms. The summed E-state index contributed by atoms with van der Waals surface area (Å²) >= 11 is 0. The second-order valence-corrected chi connectivity index (χ2v) is 7.25. The van der Waals surface area contributed by atoms with Gasteiger partial charge in [0.2, 0.25) is 0 Å². The highest BCUT2D eigenvalue weighted by Crippen LogP contribution is 2.23. The third-order valence-corrected chi connectivity index (χ3v) is 5.06. The van der Waals surface area contributed by atoms with Gasteiger partial charge in [-0.15, -0.1) is 0 Å². The summed E-state index contributed by atoms with van der Waals surface area (Å²) in [6, 6.07) is 11.6. The molecule has 0 aliphatic heterocycles. The number of amides is 1. The minimum absolute atomic E-state index is 0.151. The fraction of sp³-hybridized carbons (Fsp3) is 0.364. The third-order valence-electron chi connectivity index (χ3n) is 5.06. The van der Waals surface area contributed by atoms with Gasteiger partial charge in [0.15, 0.2) is 5.65 Å². The van der Waals surface area contributed by atoms with Gasteiger partial charge in [-0.1, -0.05) is 37.3 Å². The molecule has 0 saturated heterocycles. The highest BCUT2D eigenvalue weighted by molar-refractivity contribution is 6.06. The topological polar surface area (TPSA) is 88.3 Å². The van der Waals surface area contributed by atoms with E-state index < -0.39 is 5.97 Å². The van der Waals surface area contributed by atoms with E-state index in [1.165, 1.54) is 4.90 Å². The first-order valence-electron chi connectivity index (χ1n) is 9.80. The minimum Gasteiger partial charge on any atom is -0.480 e. The molecule has 2 aromatic heterocycles. The van der Waals surface area contributed by atoms with E-state index in [0.717, 1.165) is 12.0 Å². The van der Waals surface area contributed by atoms with Crippen LogP contribution in [0.2, 0.25) is 0 Å². The first kappa shape index (κ1) is 20.5. The van der Waals surface area contributed by atoms with Gasteiger partial charge in [0, 0.05) is 12.2 Å². The van der Waals surface area contributed by atoms with Crippen molar-refractivity contribution < 1.29 is 14.7 Å². The second-order valence-electron chi connectivity index (χ2n) is 7.25. The molecule has 0 radical (unpaired) electrons. The highest BCUT2D eigenvalue weighted by atomic mass is 16.4. The quantitative estimate of drug-likeness (QED) is 0.632. The maximum atomic E-state index is 13.3. The van der Waals surface area contributed by atoms with Gasteiger partial charge in [-0.2, -0.15) is 5.10 Å². The molecule has 1 aromatic carbocycles. The average Bonchev–Trinajstić information content (AvgIpc) is 3.13. The van der Waals surface area contributed by atoms with Crippen molar-refractivity contribution in [2.45, 2.75) is 39.7 Å². The number of rotatable bonds is 8. The second kappa shape index (κ2) is 8.86. The number of hydrogen-bond donors (Lipinski definition) is 1. The molecule has 1 unspecified atom stereocenters. The third kappa shape index (κ3) is 4.62. The first-order valence-corrected chi connectivity index (χ1v) is 9.80. The molecular formula is C22H26N4O3. The molecule has 0 aliphatic rings. The van der Waals surface area contributed by atoms with Crippen LogP contribution in [-0.2, 0) is 11.2 Å². The number of benzene rings is 1. The molecule has 1 amide bonds. The van der Waals surface area contributed by atoms with Crippen LogP contribution in [0, 0.1) is 6.92 Å². The summed E-state index contributed by atoms with van der Waals surface area (Å²) in [6.45, 7) is 5.91. The summed E-state index contributed by atoms with van der Waals surface area (Å²) in [4.78, 5) is 30.7. The molecule has 2 heterocycles. The van der Waals surface area contributed by atoms with Gasteiger partial charge in [-0.25, -0.2) is 9.67 Å². The number of pyridine rings is 1. The number of aryl methyl sites for hydroxylation is 1. The van der Waals surface area contributed by atoms with Crippen molar-refractivity contribution in [1.29, 1.82) is 0 Å². The fourth-order valence-corrected chi connectivity index (χ4v) is 3.31. The number of hydrogen-bond acceptors (Lipinski definition) is 4. The van der Waals surface area contributed by atoms with E-state index >= 15 is 0 Å². The van der Waals surface area contributed by atoms with E-state index in [1.54, 1.807) is 12.3 Å². The molecule has 1 N–H and O–H groups in total. The molecule has 3 aromatic rings. The Morgan fingerprint density at radius 2 is 1.97 bits per heavy atom. The summed E-state index contributed by atoms with van der Waals surface area (Å²) in [6.07, 6.45) is 3.12. The average molecular weight is 394 g/mol. The number of carboxylic acids is 1. The van der Waals surface area contributed by atoms with E-state index in [9.17, 15) is 14.7 Å². The Balaban J connectivity index is 1.95. The Morgan fingerprint density at radius 3 is 2.62 bits per heavy atom. The Labute approximate surface area is 170 Å². The molecule has 0 fully saturated rings. The zero-order valence-electron chi connectivity index (χ0n) is 17.0. The summed E-state index contributed by atoms with van der Waals surface area (Å²) in [5.41, 5.74) is 2.85. The first-order chi connectivity index (χ1) is 13.9. The molecular weight excluding hydrogens is 368 g/mol. The lowest BCUT2D eigenvalue weighted by Gasteiger charge is -2.21. The minimum atomic E-state index is -1.04. The summed E-state index contributed by atoms with van der Waals surface area (Å²) in [5, 5.41) is 14.4. The van der Waals surface area contributed by atoms with E-state index in [1.807, 2.05) is 41.9 Å². The van der Waals surface area contributed by atoms with Gasteiger partial charge >= 0.3 is 5.97 Å². The Hall–Kier alpha value is -3.22. The molecule has 7 heteroatoms.